The van der Waals surface area contributed by atoms with Gasteiger partial charge >= 0.3 is 5.97 Å². The molecule has 6 heteroatoms. The Morgan fingerprint density at radius 1 is 1.37 bits per heavy atom. The molecule has 0 aliphatic carbocycles. The summed E-state index contributed by atoms with van der Waals surface area (Å²) in [6, 6.07) is 6.50. The molecule has 0 atom stereocenters. The van der Waals surface area contributed by atoms with E-state index < -0.39 is 5.97 Å². The maximum Gasteiger partial charge on any atom is 0.335 e. The van der Waals surface area contributed by atoms with Crippen LogP contribution in [0.2, 0.25) is 0 Å². The van der Waals surface area contributed by atoms with Crippen molar-refractivity contribution in [2.75, 3.05) is 5.32 Å². The molecule has 0 unspecified atom stereocenters. The Morgan fingerprint density at radius 3 is 2.68 bits per heavy atom. The first-order chi connectivity index (χ1) is 8.86. The van der Waals surface area contributed by atoms with E-state index in [9.17, 15) is 4.79 Å². The quantitative estimate of drug-likeness (QED) is 0.788. The van der Waals surface area contributed by atoms with Crippen LogP contribution in [0.1, 0.15) is 37.0 Å². The summed E-state index contributed by atoms with van der Waals surface area (Å²) in [7, 11) is 0. The highest BCUT2D eigenvalue weighted by molar-refractivity contribution is 5.88. The number of benzene rings is 1. The average molecular weight is 260 g/mol. The van der Waals surface area contributed by atoms with Crippen LogP contribution in [-0.2, 0) is 5.41 Å². The largest absolute Gasteiger partial charge is 0.478 e. The minimum absolute atomic E-state index is 0.115. The molecule has 0 radical (unpaired) electrons. The van der Waals surface area contributed by atoms with Crippen molar-refractivity contribution in [3.05, 3.63) is 35.7 Å². The second kappa shape index (κ2) is 4.72. The number of nitrogens with zero attached hydrogens (tertiary/aromatic N) is 2. The molecular formula is C13H16N4O2. The van der Waals surface area contributed by atoms with Gasteiger partial charge in [-0.15, -0.1) is 5.10 Å². The highest BCUT2D eigenvalue weighted by atomic mass is 16.4. The van der Waals surface area contributed by atoms with Crippen LogP contribution >= 0.6 is 0 Å². The van der Waals surface area contributed by atoms with E-state index in [-0.39, 0.29) is 11.0 Å². The fraction of sp³-hybridized carbons (Fsp3) is 0.308. The molecule has 0 aliphatic heterocycles. The van der Waals surface area contributed by atoms with Crippen molar-refractivity contribution in [1.29, 1.82) is 0 Å². The number of anilines is 2. The highest BCUT2D eigenvalue weighted by Gasteiger charge is 2.18. The van der Waals surface area contributed by atoms with E-state index in [1.54, 1.807) is 12.1 Å². The van der Waals surface area contributed by atoms with Gasteiger partial charge in [-0.05, 0) is 18.2 Å². The number of hydrogen-bond donors (Lipinski definition) is 3. The van der Waals surface area contributed by atoms with Gasteiger partial charge in [-0.3, -0.25) is 5.10 Å². The van der Waals surface area contributed by atoms with Crippen molar-refractivity contribution in [2.24, 2.45) is 0 Å². The van der Waals surface area contributed by atoms with Crippen LogP contribution < -0.4 is 5.32 Å². The fourth-order valence-corrected chi connectivity index (χ4v) is 1.51. The van der Waals surface area contributed by atoms with Gasteiger partial charge in [-0.1, -0.05) is 26.8 Å². The second-order valence-electron chi connectivity index (χ2n) is 5.27. The summed E-state index contributed by atoms with van der Waals surface area (Å²) in [5, 5.41) is 18.8. The van der Waals surface area contributed by atoms with Gasteiger partial charge in [-0.2, -0.15) is 4.98 Å². The molecule has 0 amide bonds. The summed E-state index contributed by atoms with van der Waals surface area (Å²) in [5.74, 6) is 0.228. The normalized spacial score (nSPS) is 11.3. The maximum absolute atomic E-state index is 10.9. The number of carbonyl (C=O) groups is 1. The molecule has 0 saturated carbocycles. The van der Waals surface area contributed by atoms with E-state index in [1.807, 2.05) is 20.8 Å². The molecule has 0 aliphatic rings. The Bertz CT molecular complexity index is 599. The third kappa shape index (κ3) is 3.09. The summed E-state index contributed by atoms with van der Waals surface area (Å²) in [6.07, 6.45) is 0. The SMILES string of the molecule is CC(C)(C)c1nc(Nc2cccc(C(=O)O)c2)n[nH]1. The van der Waals surface area contributed by atoms with Crippen LogP contribution in [0.5, 0.6) is 0 Å². The molecular weight excluding hydrogens is 244 g/mol. The molecule has 1 aromatic carbocycles. The Balaban J connectivity index is 2.19. The first-order valence-corrected chi connectivity index (χ1v) is 5.89. The van der Waals surface area contributed by atoms with Gasteiger partial charge in [0.05, 0.1) is 5.56 Å². The third-order valence-corrected chi connectivity index (χ3v) is 2.56. The van der Waals surface area contributed by atoms with E-state index in [1.165, 1.54) is 12.1 Å². The number of rotatable bonds is 3. The van der Waals surface area contributed by atoms with E-state index in [0.717, 1.165) is 5.82 Å². The highest BCUT2D eigenvalue weighted by Crippen LogP contribution is 2.20. The standard InChI is InChI=1S/C13H16N4O2/c1-13(2,3)11-15-12(17-16-11)14-9-6-4-5-8(7-9)10(18)19/h4-7H,1-3H3,(H,18,19)(H2,14,15,16,17). The number of carboxylic acid groups (broad SMARTS) is 1. The lowest BCUT2D eigenvalue weighted by Gasteiger charge is -2.12. The zero-order valence-corrected chi connectivity index (χ0v) is 11.1. The molecule has 2 rings (SSSR count). The molecule has 19 heavy (non-hydrogen) atoms. The van der Waals surface area contributed by atoms with Crippen LogP contribution in [0.25, 0.3) is 0 Å². The molecule has 2 aromatic rings. The molecule has 3 N–H and O–H groups in total. The van der Waals surface area contributed by atoms with Crippen LogP contribution in [0, 0.1) is 0 Å². The summed E-state index contributed by atoms with van der Waals surface area (Å²) in [6.45, 7) is 6.09. The first-order valence-electron chi connectivity index (χ1n) is 5.89. The number of nitrogens with one attached hydrogen (secondary N) is 2. The van der Waals surface area contributed by atoms with Crippen LogP contribution in [-0.4, -0.2) is 26.3 Å². The topological polar surface area (TPSA) is 90.9 Å². The van der Waals surface area contributed by atoms with Crippen LogP contribution in [0.3, 0.4) is 0 Å². The molecule has 1 heterocycles. The summed E-state index contributed by atoms with van der Waals surface area (Å²) in [5.41, 5.74) is 0.742. The lowest BCUT2D eigenvalue weighted by atomic mass is 9.96. The van der Waals surface area contributed by atoms with Gasteiger partial charge in [0.2, 0.25) is 5.95 Å². The van der Waals surface area contributed by atoms with Crippen molar-refractivity contribution < 1.29 is 9.90 Å². The number of carboxylic acids is 1. The average Bonchev–Trinajstić information content (AvgIpc) is 2.77. The van der Waals surface area contributed by atoms with Crippen molar-refractivity contribution in [2.45, 2.75) is 26.2 Å². The Hall–Kier alpha value is -2.37. The van der Waals surface area contributed by atoms with Crippen molar-refractivity contribution in [1.82, 2.24) is 15.2 Å². The number of aromatic amines is 1. The maximum atomic E-state index is 10.9. The van der Waals surface area contributed by atoms with Gasteiger partial charge in [0.1, 0.15) is 5.82 Å². The van der Waals surface area contributed by atoms with Gasteiger partial charge in [0.15, 0.2) is 0 Å². The molecule has 1 aromatic heterocycles. The van der Waals surface area contributed by atoms with Crippen LogP contribution in [0.15, 0.2) is 24.3 Å². The predicted molar refractivity (Wildman–Crippen MR) is 71.8 cm³/mol. The zero-order chi connectivity index (χ0) is 14.0. The molecule has 6 nitrogen and oxygen atoms in total. The molecule has 100 valence electrons. The zero-order valence-electron chi connectivity index (χ0n) is 11.1. The molecule has 0 bridgehead atoms. The molecule has 0 spiro atoms. The number of H-pyrrole nitrogens is 1. The Morgan fingerprint density at radius 2 is 2.11 bits per heavy atom. The summed E-state index contributed by atoms with van der Waals surface area (Å²) < 4.78 is 0. The van der Waals surface area contributed by atoms with Gasteiger partial charge < -0.3 is 10.4 Å². The fourth-order valence-electron chi connectivity index (χ4n) is 1.51. The number of aromatic nitrogens is 3. The number of aromatic carboxylic acids is 1. The third-order valence-electron chi connectivity index (χ3n) is 2.56. The van der Waals surface area contributed by atoms with E-state index in [2.05, 4.69) is 20.5 Å². The summed E-state index contributed by atoms with van der Waals surface area (Å²) >= 11 is 0. The predicted octanol–water partition coefficient (Wildman–Crippen LogP) is 2.54. The first kappa shape index (κ1) is 13.1. The smallest absolute Gasteiger partial charge is 0.335 e. The van der Waals surface area contributed by atoms with E-state index >= 15 is 0 Å². The van der Waals surface area contributed by atoms with Crippen LogP contribution in [0.4, 0.5) is 11.6 Å². The van der Waals surface area contributed by atoms with Crippen molar-refractivity contribution >= 4 is 17.6 Å². The molecule has 0 fully saturated rings. The van der Waals surface area contributed by atoms with Crippen molar-refractivity contribution in [3.8, 4) is 0 Å². The summed E-state index contributed by atoms with van der Waals surface area (Å²) in [4.78, 5) is 15.2. The van der Waals surface area contributed by atoms with E-state index in [0.29, 0.717) is 11.6 Å². The lowest BCUT2D eigenvalue weighted by molar-refractivity contribution is 0.0697. The van der Waals surface area contributed by atoms with E-state index in [4.69, 9.17) is 5.11 Å². The van der Waals surface area contributed by atoms with Gasteiger partial charge in [0.25, 0.3) is 0 Å². The van der Waals surface area contributed by atoms with Gasteiger partial charge in [0, 0.05) is 11.1 Å². The number of hydrogen-bond acceptors (Lipinski definition) is 4. The van der Waals surface area contributed by atoms with Crippen molar-refractivity contribution in [3.63, 3.8) is 0 Å². The minimum Gasteiger partial charge on any atom is -0.478 e. The Kier molecular flexibility index (Phi) is 3.25. The minimum atomic E-state index is -0.964. The molecule has 0 saturated heterocycles. The monoisotopic (exact) mass is 260 g/mol. The second-order valence-corrected chi connectivity index (χ2v) is 5.27. The Labute approximate surface area is 110 Å². The lowest BCUT2D eigenvalue weighted by Crippen LogP contribution is -2.13. The van der Waals surface area contributed by atoms with Gasteiger partial charge in [-0.25, -0.2) is 4.79 Å².